The van der Waals surface area contributed by atoms with Gasteiger partial charge in [-0.15, -0.1) is 0 Å². The molecule has 0 heterocycles. The van der Waals surface area contributed by atoms with Crippen LogP contribution in [0, 0.1) is 0 Å². The van der Waals surface area contributed by atoms with Gasteiger partial charge >= 0.3 is 5.97 Å². The minimum absolute atomic E-state index is 0.00537. The summed E-state index contributed by atoms with van der Waals surface area (Å²) in [6, 6.07) is -1.05. The fraction of sp³-hybridized carbons (Fsp3) is 0.600. The molecule has 6 heteroatoms. The number of rotatable bonds is 3. The van der Waals surface area contributed by atoms with E-state index in [9.17, 15) is 9.59 Å². The molecule has 5 nitrogen and oxygen atoms in total. The van der Waals surface area contributed by atoms with Gasteiger partial charge in [-0.05, 0) is 0 Å². The summed E-state index contributed by atoms with van der Waals surface area (Å²) in [6.07, 6.45) is 0. The van der Waals surface area contributed by atoms with Gasteiger partial charge in [0.15, 0.2) is 6.04 Å². The normalized spacial score (nSPS) is 12.3. The lowest BCUT2D eigenvalue weighted by Crippen LogP contribution is -2.49. The summed E-state index contributed by atoms with van der Waals surface area (Å²) in [5.41, 5.74) is 0. The summed E-state index contributed by atoms with van der Waals surface area (Å²) >= 11 is 3.73. The van der Waals surface area contributed by atoms with E-state index in [2.05, 4.69) is 12.6 Å². The van der Waals surface area contributed by atoms with Crippen LogP contribution in [0.2, 0.25) is 0 Å². The van der Waals surface area contributed by atoms with Crippen molar-refractivity contribution in [3.05, 3.63) is 0 Å². The third-order valence-electron chi connectivity index (χ3n) is 1.16. The van der Waals surface area contributed by atoms with Gasteiger partial charge in [0, 0.05) is 12.7 Å². The number of nitrogens with zero attached hydrogens (tertiary/aromatic N) is 1. The highest BCUT2D eigenvalue weighted by Crippen LogP contribution is 1.96. The molecule has 0 radical (unpaired) electrons. The van der Waals surface area contributed by atoms with Crippen LogP contribution in [0.25, 0.3) is 0 Å². The third kappa shape index (κ3) is 2.77. The number of carbonyl (C=O) groups excluding carboxylic acids is 1. The van der Waals surface area contributed by atoms with Crippen molar-refractivity contribution in [3.63, 3.8) is 0 Å². The van der Waals surface area contributed by atoms with Gasteiger partial charge in [0.1, 0.15) is 0 Å². The Bertz CT molecular complexity index is 173. The van der Waals surface area contributed by atoms with Gasteiger partial charge in [0.05, 0.1) is 0 Å². The molecule has 0 bridgehead atoms. The topological polar surface area (TPSA) is 83.6 Å². The first-order valence-electron chi connectivity index (χ1n) is 2.89. The van der Waals surface area contributed by atoms with Crippen LogP contribution in [-0.2, 0) is 9.59 Å². The molecule has 0 aliphatic heterocycles. The molecule has 0 spiro atoms. The molecule has 0 aliphatic carbocycles. The number of hydrazine groups is 1. The summed E-state index contributed by atoms with van der Waals surface area (Å²) in [5.74, 6) is 3.48. The van der Waals surface area contributed by atoms with Crippen molar-refractivity contribution in [1.82, 2.24) is 5.01 Å². The molecule has 3 N–H and O–H groups in total. The van der Waals surface area contributed by atoms with E-state index in [1.54, 1.807) is 0 Å². The predicted octanol–water partition coefficient (Wildman–Crippen LogP) is -0.908. The number of aliphatic carboxylic acids is 1. The van der Waals surface area contributed by atoms with Crippen molar-refractivity contribution < 1.29 is 14.7 Å². The fourth-order valence-corrected chi connectivity index (χ4v) is 0.837. The second-order valence-electron chi connectivity index (χ2n) is 1.96. The van der Waals surface area contributed by atoms with Crippen molar-refractivity contribution in [2.24, 2.45) is 5.84 Å². The Hall–Kier alpha value is -0.750. The third-order valence-corrected chi connectivity index (χ3v) is 1.50. The number of nitrogens with two attached hydrogens (primary N) is 1. The Labute approximate surface area is 69.5 Å². The summed E-state index contributed by atoms with van der Waals surface area (Å²) < 4.78 is 0. The van der Waals surface area contributed by atoms with Gasteiger partial charge < -0.3 is 5.11 Å². The number of hydrogen-bond donors (Lipinski definition) is 3. The van der Waals surface area contributed by atoms with Crippen LogP contribution in [0.3, 0.4) is 0 Å². The van der Waals surface area contributed by atoms with E-state index in [1.807, 2.05) is 0 Å². The first-order valence-corrected chi connectivity index (χ1v) is 3.52. The van der Waals surface area contributed by atoms with E-state index < -0.39 is 17.9 Å². The van der Waals surface area contributed by atoms with Crippen LogP contribution < -0.4 is 5.84 Å². The van der Waals surface area contributed by atoms with E-state index >= 15 is 0 Å². The molecule has 11 heavy (non-hydrogen) atoms. The molecule has 0 aliphatic rings. The second kappa shape index (κ2) is 4.20. The maximum Gasteiger partial charge on any atom is 0.328 e. The Balaban J connectivity index is 4.25. The van der Waals surface area contributed by atoms with E-state index in [0.29, 0.717) is 5.01 Å². The van der Waals surface area contributed by atoms with Gasteiger partial charge in [-0.1, -0.05) is 0 Å². The number of hydrogen-bond acceptors (Lipinski definition) is 4. The first-order chi connectivity index (χ1) is 5.00. The molecule has 0 aromatic heterocycles. The minimum atomic E-state index is -1.15. The van der Waals surface area contributed by atoms with Gasteiger partial charge in [-0.3, -0.25) is 9.80 Å². The van der Waals surface area contributed by atoms with Crippen molar-refractivity contribution in [2.75, 3.05) is 5.75 Å². The molecule has 0 fully saturated rings. The van der Waals surface area contributed by atoms with E-state index in [1.165, 1.54) is 6.92 Å². The summed E-state index contributed by atoms with van der Waals surface area (Å²) in [6.45, 7) is 1.19. The monoisotopic (exact) mass is 178 g/mol. The molecular weight excluding hydrogens is 168 g/mol. The Morgan fingerprint density at radius 3 is 2.27 bits per heavy atom. The Kier molecular flexibility index (Phi) is 3.91. The number of amides is 1. The lowest BCUT2D eigenvalue weighted by molar-refractivity contribution is -0.148. The van der Waals surface area contributed by atoms with Gasteiger partial charge in [0.2, 0.25) is 5.91 Å². The van der Waals surface area contributed by atoms with Gasteiger partial charge in [-0.2, -0.15) is 12.6 Å². The van der Waals surface area contributed by atoms with E-state index in [4.69, 9.17) is 10.9 Å². The van der Waals surface area contributed by atoms with Crippen molar-refractivity contribution in [1.29, 1.82) is 0 Å². The van der Waals surface area contributed by atoms with Crippen LogP contribution in [0.5, 0.6) is 0 Å². The number of carboxylic acid groups (broad SMARTS) is 1. The van der Waals surface area contributed by atoms with Crippen LogP contribution in [0.15, 0.2) is 0 Å². The van der Waals surface area contributed by atoms with E-state index in [0.717, 1.165) is 0 Å². The van der Waals surface area contributed by atoms with Crippen molar-refractivity contribution in [3.8, 4) is 0 Å². The predicted molar refractivity (Wildman–Crippen MR) is 42.0 cm³/mol. The second-order valence-corrected chi connectivity index (χ2v) is 2.33. The zero-order valence-electron chi connectivity index (χ0n) is 6.02. The first kappa shape index (κ1) is 10.2. The van der Waals surface area contributed by atoms with Crippen molar-refractivity contribution in [2.45, 2.75) is 13.0 Å². The lowest BCUT2D eigenvalue weighted by atomic mass is 10.3. The van der Waals surface area contributed by atoms with E-state index in [-0.39, 0.29) is 5.75 Å². The average molecular weight is 178 g/mol. The molecule has 1 amide bonds. The van der Waals surface area contributed by atoms with Crippen molar-refractivity contribution >= 4 is 24.5 Å². The van der Waals surface area contributed by atoms with Crippen LogP contribution >= 0.6 is 12.6 Å². The highest BCUT2D eigenvalue weighted by atomic mass is 32.1. The molecule has 0 saturated heterocycles. The van der Waals surface area contributed by atoms with Crippen LogP contribution in [0.4, 0.5) is 0 Å². The van der Waals surface area contributed by atoms with Gasteiger partial charge in [0.25, 0.3) is 0 Å². The maximum absolute atomic E-state index is 10.6. The average Bonchev–Trinajstić information content (AvgIpc) is 1.88. The number of thiol groups is 1. The molecule has 1 atom stereocenters. The molecule has 64 valence electrons. The highest BCUT2D eigenvalue weighted by Gasteiger charge is 2.23. The summed E-state index contributed by atoms with van der Waals surface area (Å²) in [7, 11) is 0. The van der Waals surface area contributed by atoms with Crippen LogP contribution in [-0.4, -0.2) is 33.8 Å². The fourth-order valence-electron chi connectivity index (χ4n) is 0.504. The molecule has 0 rings (SSSR count). The standard InChI is InChI=1S/C5H10N2O3S/c1-3(8)7(6)4(2-11)5(9)10/h4,11H,2,6H2,1H3,(H,9,10). The molecular formula is C5H10N2O3S. The summed E-state index contributed by atoms with van der Waals surface area (Å²) in [4.78, 5) is 20.9. The molecule has 0 aromatic rings. The quantitative estimate of drug-likeness (QED) is 0.226. The largest absolute Gasteiger partial charge is 0.480 e. The SMILES string of the molecule is CC(=O)N(N)C(CS)C(=O)O. The zero-order valence-corrected chi connectivity index (χ0v) is 6.91. The Morgan fingerprint density at radius 1 is 1.73 bits per heavy atom. The number of carboxylic acids is 1. The summed E-state index contributed by atoms with van der Waals surface area (Å²) in [5, 5.41) is 9.12. The maximum atomic E-state index is 10.6. The molecule has 0 saturated carbocycles. The zero-order chi connectivity index (χ0) is 9.02. The minimum Gasteiger partial charge on any atom is -0.480 e. The lowest BCUT2D eigenvalue weighted by Gasteiger charge is -2.20. The smallest absolute Gasteiger partial charge is 0.328 e. The number of carbonyl (C=O) groups is 2. The highest BCUT2D eigenvalue weighted by molar-refractivity contribution is 7.80. The Morgan fingerprint density at radius 2 is 2.18 bits per heavy atom. The van der Waals surface area contributed by atoms with Gasteiger partial charge in [-0.25, -0.2) is 10.6 Å². The molecule has 1 unspecified atom stereocenters. The van der Waals surface area contributed by atoms with Crippen LogP contribution in [0.1, 0.15) is 6.92 Å². The molecule has 0 aromatic carbocycles.